The number of piperidine rings is 1. The summed E-state index contributed by atoms with van der Waals surface area (Å²) in [6.07, 6.45) is 2.02. The molecule has 0 amide bonds. The molecule has 0 saturated carbocycles. The van der Waals surface area contributed by atoms with Gasteiger partial charge in [-0.25, -0.2) is 17.6 Å². The van der Waals surface area contributed by atoms with Gasteiger partial charge in [-0.2, -0.15) is 0 Å². The third-order valence-electron chi connectivity index (χ3n) is 7.63. The normalized spacial score (nSPS) is 16.3. The van der Waals surface area contributed by atoms with Crippen molar-refractivity contribution in [2.75, 3.05) is 33.4 Å². The van der Waals surface area contributed by atoms with Gasteiger partial charge in [0.05, 0.1) is 19.0 Å². The van der Waals surface area contributed by atoms with Gasteiger partial charge >= 0.3 is 5.97 Å². The van der Waals surface area contributed by atoms with Crippen molar-refractivity contribution in [1.82, 2.24) is 9.88 Å². The van der Waals surface area contributed by atoms with Gasteiger partial charge in [0, 0.05) is 30.3 Å². The number of carbonyl (C=O) groups is 1. The van der Waals surface area contributed by atoms with E-state index >= 15 is 4.39 Å². The van der Waals surface area contributed by atoms with Crippen LogP contribution in [0, 0.1) is 29.8 Å². The number of nitrogens with zero attached hydrogens (tertiary/aromatic N) is 2. The number of hydrogen-bond acceptors (Lipinski definition) is 5. The van der Waals surface area contributed by atoms with Crippen LogP contribution in [0.25, 0.3) is 10.9 Å². The maximum Gasteiger partial charge on any atom is 0.303 e. The zero-order chi connectivity index (χ0) is 28.2. The smallest absolute Gasteiger partial charge is 0.303 e. The minimum Gasteiger partial charge on any atom is -0.497 e. The largest absolute Gasteiger partial charge is 0.497 e. The first kappa shape index (κ1) is 28.6. The Morgan fingerprint density at radius 1 is 1.13 bits per heavy atom. The van der Waals surface area contributed by atoms with Crippen LogP contribution in [0.2, 0.25) is 0 Å². The molecule has 1 atom stereocenters. The van der Waals surface area contributed by atoms with Gasteiger partial charge in [-0.1, -0.05) is 0 Å². The molecule has 0 bridgehead atoms. The van der Waals surface area contributed by atoms with Crippen LogP contribution in [-0.2, 0) is 4.79 Å². The molecule has 210 valence electrons. The lowest BCUT2D eigenvalue weighted by atomic mass is 9.71. The number of halogens is 4. The number of likely N-dealkylation sites (tertiary alicyclic amines) is 1. The molecule has 1 saturated heterocycles. The van der Waals surface area contributed by atoms with E-state index in [1.807, 2.05) is 6.92 Å². The molecule has 0 spiro atoms. The summed E-state index contributed by atoms with van der Waals surface area (Å²) in [7, 11) is 1.55. The van der Waals surface area contributed by atoms with Gasteiger partial charge < -0.3 is 14.6 Å². The fraction of sp³-hybridized carbons (Fsp3) is 0.448. The third kappa shape index (κ3) is 6.79. The molecule has 1 aliphatic heterocycles. The number of methoxy groups -OCH3 is 1. The van der Waals surface area contributed by atoms with Crippen LogP contribution >= 0.6 is 0 Å². The number of carboxylic acid groups (broad SMARTS) is 1. The topological polar surface area (TPSA) is 71.9 Å². The van der Waals surface area contributed by atoms with Crippen molar-refractivity contribution in [3.8, 4) is 11.5 Å². The molecule has 1 aromatic heterocycles. The van der Waals surface area contributed by atoms with Crippen LogP contribution < -0.4 is 9.47 Å². The Bertz CT molecular complexity index is 1310. The molecule has 39 heavy (non-hydrogen) atoms. The first-order chi connectivity index (χ1) is 18.6. The van der Waals surface area contributed by atoms with Crippen molar-refractivity contribution in [3.05, 3.63) is 65.1 Å². The zero-order valence-electron chi connectivity index (χ0n) is 22.0. The number of hydrogen-bond donors (Lipinski definition) is 1. The van der Waals surface area contributed by atoms with Crippen LogP contribution in [-0.4, -0.2) is 54.3 Å². The van der Waals surface area contributed by atoms with Gasteiger partial charge in [-0.05, 0) is 80.4 Å². The highest BCUT2D eigenvalue weighted by atomic mass is 19.2. The van der Waals surface area contributed by atoms with Crippen molar-refractivity contribution < 1.29 is 36.9 Å². The van der Waals surface area contributed by atoms with Gasteiger partial charge in [0.1, 0.15) is 24.3 Å². The monoisotopic (exact) mass is 548 g/mol. The first-order valence-corrected chi connectivity index (χ1v) is 12.9. The summed E-state index contributed by atoms with van der Waals surface area (Å²) in [5.74, 6) is -4.59. The van der Waals surface area contributed by atoms with Crippen LogP contribution in [0.15, 0.2) is 36.5 Å². The minimum atomic E-state index is -1.55. The first-order valence-electron chi connectivity index (χ1n) is 12.9. The Labute approximate surface area is 224 Å². The van der Waals surface area contributed by atoms with E-state index in [0.29, 0.717) is 61.1 Å². The van der Waals surface area contributed by atoms with Crippen molar-refractivity contribution >= 4 is 16.9 Å². The Morgan fingerprint density at radius 2 is 1.82 bits per heavy atom. The molecule has 3 aromatic rings. The van der Waals surface area contributed by atoms with E-state index in [4.69, 9.17) is 9.47 Å². The standard InChI is InChI=1S/C29H32F4N2O4/c1-18-17-34-25-4-3-19(38-2)13-21(25)27(18)22(30)5-6-29(16-26(36)37)7-9-35(10-8-29)11-12-39-20-14-23(31)28(33)24(32)15-20/h3-4,13-15,17,22H,5-12,16H2,1-2H3,(H,36,37)/t22-/m0/s1. The summed E-state index contributed by atoms with van der Waals surface area (Å²) >= 11 is 0. The number of aryl methyl sites for hydroxylation is 1. The van der Waals surface area contributed by atoms with Gasteiger partial charge in [0.15, 0.2) is 17.5 Å². The average molecular weight is 549 g/mol. The molecule has 2 aromatic carbocycles. The van der Waals surface area contributed by atoms with Gasteiger partial charge in [0.25, 0.3) is 0 Å². The summed E-state index contributed by atoms with van der Waals surface area (Å²) in [4.78, 5) is 18.2. The lowest BCUT2D eigenvalue weighted by molar-refractivity contribution is -0.141. The zero-order valence-corrected chi connectivity index (χ0v) is 22.0. The van der Waals surface area contributed by atoms with E-state index in [0.717, 1.165) is 17.7 Å². The van der Waals surface area contributed by atoms with Gasteiger partial charge in [0.2, 0.25) is 0 Å². The van der Waals surface area contributed by atoms with Crippen LogP contribution in [0.1, 0.15) is 49.4 Å². The molecule has 1 fully saturated rings. The van der Waals surface area contributed by atoms with E-state index in [-0.39, 0.29) is 25.2 Å². The maximum atomic E-state index is 15.8. The Kier molecular flexibility index (Phi) is 8.94. The summed E-state index contributed by atoms with van der Waals surface area (Å²) < 4.78 is 66.4. The highest BCUT2D eigenvalue weighted by Crippen LogP contribution is 2.43. The molecule has 1 N–H and O–H groups in total. The molecule has 2 heterocycles. The molecule has 0 unspecified atom stereocenters. The van der Waals surface area contributed by atoms with E-state index in [2.05, 4.69) is 9.88 Å². The predicted octanol–water partition coefficient (Wildman–Crippen LogP) is 6.40. The quantitative estimate of drug-likeness (QED) is 0.221. The molecule has 0 radical (unpaired) electrons. The summed E-state index contributed by atoms with van der Waals surface area (Å²) in [5, 5.41) is 10.3. The van der Waals surface area contributed by atoms with Crippen molar-refractivity contribution in [3.63, 3.8) is 0 Å². The number of ether oxygens (including phenoxy) is 2. The fourth-order valence-corrected chi connectivity index (χ4v) is 5.41. The predicted molar refractivity (Wildman–Crippen MR) is 138 cm³/mol. The Balaban J connectivity index is 1.38. The highest BCUT2D eigenvalue weighted by molar-refractivity contribution is 5.85. The number of aliphatic carboxylic acids is 1. The van der Waals surface area contributed by atoms with E-state index in [9.17, 15) is 23.1 Å². The molecular weight excluding hydrogens is 516 g/mol. The second kappa shape index (κ2) is 12.2. The molecular formula is C29H32F4N2O4. The van der Waals surface area contributed by atoms with E-state index in [1.165, 1.54) is 0 Å². The minimum absolute atomic E-state index is 0.0535. The lowest BCUT2D eigenvalue weighted by Gasteiger charge is -2.41. The van der Waals surface area contributed by atoms with Crippen LogP contribution in [0.3, 0.4) is 0 Å². The summed E-state index contributed by atoms with van der Waals surface area (Å²) in [5.41, 5.74) is 1.39. The van der Waals surface area contributed by atoms with Crippen molar-refractivity contribution in [2.24, 2.45) is 5.41 Å². The second-order valence-electron chi connectivity index (χ2n) is 10.2. The number of fused-ring (bicyclic) bond motifs is 1. The number of rotatable bonds is 11. The lowest BCUT2D eigenvalue weighted by Crippen LogP contribution is -2.42. The molecule has 6 nitrogen and oxygen atoms in total. The van der Waals surface area contributed by atoms with E-state index in [1.54, 1.807) is 31.5 Å². The number of benzene rings is 2. The number of alkyl halides is 1. The fourth-order valence-electron chi connectivity index (χ4n) is 5.41. The van der Waals surface area contributed by atoms with Crippen LogP contribution in [0.5, 0.6) is 11.5 Å². The number of aromatic nitrogens is 1. The maximum absolute atomic E-state index is 15.8. The van der Waals surface area contributed by atoms with Crippen molar-refractivity contribution in [2.45, 2.75) is 45.2 Å². The molecule has 4 rings (SSSR count). The average Bonchev–Trinajstić information content (AvgIpc) is 2.90. The SMILES string of the molecule is COc1ccc2ncc(C)c([C@@H](F)CCC3(CC(=O)O)CCN(CCOc4cc(F)c(F)c(F)c4)CC3)c2c1. The van der Waals surface area contributed by atoms with Gasteiger partial charge in [-0.15, -0.1) is 0 Å². The molecule has 1 aliphatic rings. The Morgan fingerprint density at radius 3 is 2.46 bits per heavy atom. The third-order valence-corrected chi connectivity index (χ3v) is 7.63. The number of carboxylic acids is 1. The summed E-state index contributed by atoms with van der Waals surface area (Å²) in [6, 6.07) is 6.93. The van der Waals surface area contributed by atoms with Crippen molar-refractivity contribution in [1.29, 1.82) is 0 Å². The van der Waals surface area contributed by atoms with E-state index < -0.39 is 35.0 Å². The highest BCUT2D eigenvalue weighted by Gasteiger charge is 2.37. The Hall–Kier alpha value is -3.40. The molecule has 10 heteroatoms. The number of pyridine rings is 1. The molecule has 0 aliphatic carbocycles. The van der Waals surface area contributed by atoms with Gasteiger partial charge in [-0.3, -0.25) is 14.7 Å². The second-order valence-corrected chi connectivity index (χ2v) is 10.2. The van der Waals surface area contributed by atoms with Crippen LogP contribution in [0.4, 0.5) is 17.6 Å². The summed E-state index contributed by atoms with van der Waals surface area (Å²) in [6.45, 7) is 3.54.